The van der Waals surface area contributed by atoms with Crippen LogP contribution in [-0.4, -0.2) is 42.1 Å². The van der Waals surface area contributed by atoms with Gasteiger partial charge in [0.05, 0.1) is 18.8 Å². The van der Waals surface area contributed by atoms with Crippen LogP contribution in [0, 0.1) is 0 Å². The van der Waals surface area contributed by atoms with Crippen LogP contribution in [0.3, 0.4) is 0 Å². The summed E-state index contributed by atoms with van der Waals surface area (Å²) in [7, 11) is 0. The zero-order chi connectivity index (χ0) is 21.6. The number of amides is 1. The fraction of sp³-hybridized carbons (Fsp3) is 0.273. The molecule has 30 heavy (non-hydrogen) atoms. The first-order chi connectivity index (χ1) is 14.4. The van der Waals surface area contributed by atoms with E-state index in [9.17, 15) is 24.3 Å². The van der Waals surface area contributed by atoms with E-state index in [1.807, 2.05) is 0 Å². The van der Waals surface area contributed by atoms with Crippen LogP contribution in [0.15, 0.2) is 42.5 Å². The third kappa shape index (κ3) is 2.39. The van der Waals surface area contributed by atoms with Gasteiger partial charge >= 0.3 is 17.9 Å². The molecule has 2 heterocycles. The molecule has 0 saturated heterocycles. The Morgan fingerprint density at radius 2 is 1.77 bits per heavy atom. The summed E-state index contributed by atoms with van der Waals surface area (Å²) < 4.78 is 10.3. The maximum absolute atomic E-state index is 13.3. The summed E-state index contributed by atoms with van der Waals surface area (Å²) in [5, 5.41) is 10.2. The second-order valence-corrected chi connectivity index (χ2v) is 6.94. The van der Waals surface area contributed by atoms with Crippen molar-refractivity contribution in [2.45, 2.75) is 25.3 Å². The molecule has 2 aliphatic heterocycles. The van der Waals surface area contributed by atoms with Crippen LogP contribution < -0.4 is 4.90 Å². The first kappa shape index (κ1) is 19.6. The summed E-state index contributed by atoms with van der Waals surface area (Å²) in [6.45, 7) is 3.44. The van der Waals surface area contributed by atoms with Crippen LogP contribution in [-0.2, 0) is 24.6 Å². The monoisotopic (exact) mass is 409 g/mol. The number of carbonyl (C=O) groups excluding carboxylic acids is 3. The van der Waals surface area contributed by atoms with Crippen molar-refractivity contribution in [2.75, 3.05) is 18.1 Å². The van der Waals surface area contributed by atoms with Gasteiger partial charge in [-0.2, -0.15) is 0 Å². The molecule has 2 atom stereocenters. The van der Waals surface area contributed by atoms with E-state index in [-0.39, 0.29) is 41.2 Å². The average Bonchev–Trinajstić information content (AvgIpc) is 3.17. The summed E-state index contributed by atoms with van der Waals surface area (Å²) >= 11 is 0. The number of hydrogen-bond acceptors (Lipinski definition) is 6. The average molecular weight is 409 g/mol. The second-order valence-electron chi connectivity index (χ2n) is 6.94. The molecule has 2 aromatic carbocycles. The number of aliphatic carboxylic acids is 1. The summed E-state index contributed by atoms with van der Waals surface area (Å²) in [6, 6.07) is 10.7. The largest absolute Gasteiger partial charge is 0.481 e. The molecule has 8 nitrogen and oxygen atoms in total. The number of carboxylic acids is 1. The molecule has 154 valence electrons. The lowest BCUT2D eigenvalue weighted by Crippen LogP contribution is -2.52. The quantitative estimate of drug-likeness (QED) is 0.755. The first-order valence-electron chi connectivity index (χ1n) is 9.54. The Morgan fingerprint density at radius 1 is 1.07 bits per heavy atom. The van der Waals surface area contributed by atoms with Crippen molar-refractivity contribution in [1.29, 1.82) is 0 Å². The smallest absolute Gasteiger partial charge is 0.338 e. The Balaban J connectivity index is 2.01. The number of rotatable bonds is 5. The van der Waals surface area contributed by atoms with Crippen molar-refractivity contribution in [2.24, 2.45) is 0 Å². The summed E-state index contributed by atoms with van der Waals surface area (Å²) in [5.41, 5.74) is -0.784. The summed E-state index contributed by atoms with van der Waals surface area (Å²) in [6.07, 6.45) is 0. The number of hydrogen-bond donors (Lipinski definition) is 1. The highest BCUT2D eigenvalue weighted by Gasteiger charge is 2.68. The zero-order valence-corrected chi connectivity index (χ0v) is 16.4. The maximum Gasteiger partial charge on any atom is 0.338 e. The van der Waals surface area contributed by atoms with Gasteiger partial charge in [-0.3, -0.25) is 14.5 Å². The van der Waals surface area contributed by atoms with Gasteiger partial charge < -0.3 is 14.6 Å². The third-order valence-corrected chi connectivity index (χ3v) is 5.47. The number of nitrogens with zero attached hydrogens (tertiary/aromatic N) is 1. The molecule has 0 bridgehead atoms. The van der Waals surface area contributed by atoms with Crippen LogP contribution in [0.2, 0.25) is 0 Å². The SMILES string of the molecule is CCOC(=O)c1ccc2c(c1)C(C(=O)O)C1(C(=O)OCC)c3ccccc3C(=O)N21. The predicted octanol–water partition coefficient (Wildman–Crippen LogP) is 2.46. The molecule has 0 spiro atoms. The second kappa shape index (κ2) is 6.98. The number of esters is 2. The van der Waals surface area contributed by atoms with Gasteiger partial charge in [0.1, 0.15) is 5.92 Å². The Hall–Kier alpha value is -3.68. The van der Waals surface area contributed by atoms with Crippen molar-refractivity contribution in [3.8, 4) is 0 Å². The highest BCUT2D eigenvalue weighted by molar-refractivity contribution is 6.21. The van der Waals surface area contributed by atoms with Crippen molar-refractivity contribution >= 4 is 29.5 Å². The third-order valence-electron chi connectivity index (χ3n) is 5.47. The molecule has 2 aliphatic rings. The van der Waals surface area contributed by atoms with E-state index < -0.39 is 35.3 Å². The van der Waals surface area contributed by atoms with E-state index in [0.717, 1.165) is 0 Å². The van der Waals surface area contributed by atoms with E-state index in [1.54, 1.807) is 38.1 Å². The van der Waals surface area contributed by atoms with Gasteiger partial charge in [-0.1, -0.05) is 18.2 Å². The molecule has 0 aliphatic carbocycles. The molecule has 0 radical (unpaired) electrons. The fourth-order valence-electron chi connectivity index (χ4n) is 4.41. The Kier molecular flexibility index (Phi) is 4.57. The van der Waals surface area contributed by atoms with Gasteiger partial charge in [-0.05, 0) is 43.7 Å². The van der Waals surface area contributed by atoms with Crippen LogP contribution in [0.1, 0.15) is 51.6 Å². The minimum Gasteiger partial charge on any atom is -0.481 e. The van der Waals surface area contributed by atoms with Crippen LogP contribution >= 0.6 is 0 Å². The van der Waals surface area contributed by atoms with Gasteiger partial charge in [-0.15, -0.1) is 0 Å². The molecular formula is C22H19NO7. The lowest BCUT2D eigenvalue weighted by Gasteiger charge is -2.33. The van der Waals surface area contributed by atoms with E-state index >= 15 is 0 Å². The molecule has 0 saturated carbocycles. The molecule has 8 heteroatoms. The maximum atomic E-state index is 13.3. The number of benzene rings is 2. The van der Waals surface area contributed by atoms with Gasteiger partial charge in [-0.25, -0.2) is 9.59 Å². The standard InChI is InChI=1S/C22H19NO7/c1-3-29-20(27)12-9-10-16-14(11-12)17(19(25)26)22(21(28)30-4-2)15-8-6-5-7-13(15)18(24)23(16)22/h5-11,17H,3-4H2,1-2H3,(H,25,26). The van der Waals surface area contributed by atoms with Gasteiger partial charge in [0.15, 0.2) is 5.54 Å². The van der Waals surface area contributed by atoms with Gasteiger partial charge in [0.25, 0.3) is 5.91 Å². The lowest BCUT2D eigenvalue weighted by atomic mass is 9.77. The van der Waals surface area contributed by atoms with E-state index in [0.29, 0.717) is 0 Å². The lowest BCUT2D eigenvalue weighted by molar-refractivity contribution is -0.155. The van der Waals surface area contributed by atoms with E-state index in [4.69, 9.17) is 9.47 Å². The molecule has 1 amide bonds. The highest BCUT2D eigenvalue weighted by atomic mass is 16.5. The van der Waals surface area contributed by atoms with Crippen LogP contribution in [0.4, 0.5) is 5.69 Å². The first-order valence-corrected chi connectivity index (χ1v) is 9.54. The van der Waals surface area contributed by atoms with Crippen molar-refractivity contribution in [3.63, 3.8) is 0 Å². The molecule has 2 unspecified atom stereocenters. The highest BCUT2D eigenvalue weighted by Crippen LogP contribution is 2.58. The molecule has 2 aromatic rings. The summed E-state index contributed by atoms with van der Waals surface area (Å²) in [4.78, 5) is 52.4. The zero-order valence-electron chi connectivity index (χ0n) is 16.4. The molecule has 0 aromatic heterocycles. The number of carbonyl (C=O) groups is 4. The minimum absolute atomic E-state index is 0.0154. The Morgan fingerprint density at radius 3 is 2.43 bits per heavy atom. The Labute approximate surface area is 172 Å². The van der Waals surface area contributed by atoms with Gasteiger partial charge in [0.2, 0.25) is 0 Å². The van der Waals surface area contributed by atoms with Crippen LogP contribution in [0.5, 0.6) is 0 Å². The number of carboxylic acid groups (broad SMARTS) is 1. The van der Waals surface area contributed by atoms with E-state index in [2.05, 4.69) is 0 Å². The topological polar surface area (TPSA) is 110 Å². The minimum atomic E-state index is -1.88. The van der Waals surface area contributed by atoms with Crippen molar-refractivity contribution in [1.82, 2.24) is 0 Å². The molecule has 0 fully saturated rings. The van der Waals surface area contributed by atoms with Crippen molar-refractivity contribution in [3.05, 3.63) is 64.7 Å². The number of anilines is 1. The Bertz CT molecular complexity index is 1090. The van der Waals surface area contributed by atoms with E-state index in [1.165, 1.54) is 23.1 Å². The van der Waals surface area contributed by atoms with Crippen molar-refractivity contribution < 1.29 is 33.8 Å². The number of ether oxygens (including phenoxy) is 2. The summed E-state index contributed by atoms with van der Waals surface area (Å²) in [5.74, 6) is -4.70. The normalized spacial score (nSPS) is 20.9. The molecular weight excluding hydrogens is 390 g/mol. The molecule has 4 rings (SSSR count). The number of fused-ring (bicyclic) bond motifs is 5. The molecule has 1 N–H and O–H groups in total. The van der Waals surface area contributed by atoms with Gasteiger partial charge in [0, 0.05) is 16.8 Å². The predicted molar refractivity (Wildman–Crippen MR) is 104 cm³/mol. The fourth-order valence-corrected chi connectivity index (χ4v) is 4.41. The van der Waals surface area contributed by atoms with Crippen LogP contribution in [0.25, 0.3) is 0 Å².